The molecule has 5 aromatic carbocycles. The first-order chi connectivity index (χ1) is 46.3. The number of carbonyl (C=O) groups is 9. The molecule has 0 bridgehead atoms. The molecule has 0 saturated carbocycles. The fourth-order valence-electron chi connectivity index (χ4n) is 11.7. The van der Waals surface area contributed by atoms with Crippen LogP contribution in [-0.4, -0.2) is 168 Å². The third-order valence-corrected chi connectivity index (χ3v) is 17.0. The number of nitrogens with two attached hydrogens (primary N) is 7. The molecule has 0 fully saturated rings. The quantitative estimate of drug-likeness (QED) is 0.0247. The minimum Gasteiger partial charge on any atom is -0.368 e. The number of primary amides is 1. The summed E-state index contributed by atoms with van der Waals surface area (Å²) in [5.74, 6) is -5.60. The molecule has 0 aromatic heterocycles. The lowest BCUT2D eigenvalue weighted by Gasteiger charge is -2.32. The summed E-state index contributed by atoms with van der Waals surface area (Å²) in [6.07, 6.45) is 7.33. The number of carbonyl (C=O) groups excluding carboxylic acids is 9. The van der Waals surface area contributed by atoms with Crippen molar-refractivity contribution in [2.75, 3.05) is 65.4 Å². The monoisotopic (exact) mass is 1330 g/mol. The first kappa shape index (κ1) is 78.3. The maximum Gasteiger partial charge on any atom is 0.245 e. The molecular weight excluding hydrogens is 1220 g/mol. The van der Waals surface area contributed by atoms with E-state index >= 15 is 14.4 Å². The predicted molar refractivity (Wildman–Crippen MR) is 376 cm³/mol. The van der Waals surface area contributed by atoms with Gasteiger partial charge in [0.15, 0.2) is 0 Å². The Morgan fingerprint density at radius 1 is 0.396 bits per heavy atom. The van der Waals surface area contributed by atoms with Crippen LogP contribution in [0.5, 0.6) is 0 Å². The molecule has 0 aliphatic heterocycles. The number of amides is 9. The van der Waals surface area contributed by atoms with Gasteiger partial charge in [0.05, 0.1) is 32.2 Å². The number of nitrogens with zero attached hydrogens (tertiary/aromatic N) is 4. The zero-order chi connectivity index (χ0) is 69.8. The maximum atomic E-state index is 15.5. The topological polar surface area (TPSA) is 397 Å². The van der Waals surface area contributed by atoms with Crippen LogP contribution in [0.2, 0.25) is 0 Å². The molecule has 96 heavy (non-hydrogen) atoms. The van der Waals surface area contributed by atoms with Crippen LogP contribution in [0.25, 0.3) is 21.5 Å². The van der Waals surface area contributed by atoms with Crippen LogP contribution in [0.1, 0.15) is 138 Å². The zero-order valence-electron chi connectivity index (χ0n) is 56.5. The molecule has 0 spiro atoms. The Labute approximate surface area is 566 Å². The van der Waals surface area contributed by atoms with Crippen molar-refractivity contribution in [3.63, 3.8) is 0 Å². The van der Waals surface area contributed by atoms with E-state index in [4.69, 9.17) is 40.1 Å². The van der Waals surface area contributed by atoms with Crippen molar-refractivity contribution < 1.29 is 43.2 Å². The number of rotatable bonds is 46. The molecular formula is C72H107N15O9. The number of hydrogen-bond donors (Lipinski definition) is 11. The third-order valence-electron chi connectivity index (χ3n) is 17.0. The van der Waals surface area contributed by atoms with Crippen molar-refractivity contribution in [1.82, 2.24) is 40.9 Å². The summed E-state index contributed by atoms with van der Waals surface area (Å²) in [7, 11) is 0. The van der Waals surface area contributed by atoms with Gasteiger partial charge in [-0.25, -0.2) is 0 Å². The van der Waals surface area contributed by atoms with Crippen molar-refractivity contribution in [1.29, 1.82) is 0 Å². The third kappa shape index (κ3) is 26.3. The Hall–Kier alpha value is -8.39. The van der Waals surface area contributed by atoms with Crippen LogP contribution >= 0.6 is 0 Å². The largest absolute Gasteiger partial charge is 0.368 e. The molecule has 24 heteroatoms. The van der Waals surface area contributed by atoms with Crippen molar-refractivity contribution in [3.8, 4) is 0 Å². The highest BCUT2D eigenvalue weighted by Gasteiger charge is 2.35. The van der Waals surface area contributed by atoms with E-state index in [0.29, 0.717) is 108 Å². The van der Waals surface area contributed by atoms with Crippen molar-refractivity contribution >= 4 is 74.7 Å². The number of hydrogen-bond acceptors (Lipinski definition) is 15. The molecule has 0 unspecified atom stereocenters. The molecule has 524 valence electrons. The highest BCUT2D eigenvalue weighted by atomic mass is 16.2. The molecule has 0 saturated heterocycles. The summed E-state index contributed by atoms with van der Waals surface area (Å²) in [6, 6.07) is 28.3. The average Bonchev–Trinajstić information content (AvgIpc) is 0.872. The summed E-state index contributed by atoms with van der Waals surface area (Å²) < 4.78 is 0. The van der Waals surface area contributed by atoms with E-state index < -0.39 is 103 Å². The average molecular weight is 1330 g/mol. The van der Waals surface area contributed by atoms with Crippen LogP contribution < -0.4 is 61.4 Å². The van der Waals surface area contributed by atoms with E-state index in [2.05, 4.69) is 21.3 Å². The number of fused-ring (bicyclic) bond motifs is 2. The fourth-order valence-corrected chi connectivity index (χ4v) is 11.7. The molecule has 5 aromatic rings. The van der Waals surface area contributed by atoms with Gasteiger partial charge in [0.25, 0.3) is 0 Å². The predicted octanol–water partition coefficient (Wildman–Crippen LogP) is 3.71. The lowest BCUT2D eigenvalue weighted by Crippen LogP contribution is -2.56. The molecule has 0 radical (unpaired) electrons. The van der Waals surface area contributed by atoms with E-state index in [-0.39, 0.29) is 71.5 Å². The smallest absolute Gasteiger partial charge is 0.245 e. The Bertz CT molecular complexity index is 3270. The molecule has 0 heterocycles. The summed E-state index contributed by atoms with van der Waals surface area (Å²) in [5.41, 5.74) is 44.4. The molecule has 9 amide bonds. The van der Waals surface area contributed by atoms with E-state index in [1.54, 1.807) is 0 Å². The van der Waals surface area contributed by atoms with Crippen molar-refractivity contribution in [3.05, 3.63) is 131 Å². The molecule has 0 aliphatic carbocycles. The molecule has 5 rings (SSSR count). The van der Waals surface area contributed by atoms with Gasteiger partial charge in [-0.05, 0) is 174 Å². The minimum atomic E-state index is -1.26. The van der Waals surface area contributed by atoms with Gasteiger partial charge in [-0.3, -0.25) is 43.2 Å². The molecule has 24 nitrogen and oxygen atoms in total. The van der Waals surface area contributed by atoms with Crippen molar-refractivity contribution in [2.24, 2.45) is 40.1 Å². The first-order valence-corrected chi connectivity index (χ1v) is 34.2. The lowest BCUT2D eigenvalue weighted by atomic mass is 10.0. The maximum absolute atomic E-state index is 15.5. The van der Waals surface area contributed by atoms with E-state index in [9.17, 15) is 28.8 Å². The highest BCUT2D eigenvalue weighted by molar-refractivity contribution is 5.97. The summed E-state index contributed by atoms with van der Waals surface area (Å²) in [4.78, 5) is 136. The van der Waals surface area contributed by atoms with Gasteiger partial charge in [0, 0.05) is 26.2 Å². The number of benzene rings is 5. The number of unbranched alkanes of at least 4 members (excludes halogenated alkanes) is 6. The van der Waals surface area contributed by atoms with Gasteiger partial charge < -0.3 is 81.0 Å². The molecule has 18 N–H and O–H groups in total. The SMILES string of the molecule is CCCCN(CC(N)=O)C(=O)[C@H](CCCCN)NC(=O)CN(Cc1cccc2ccccc12)C(=O)[C@H](CCCCN)NC(=O)CN(Cc1ccc(C)cc1)C(=O)[C@H](CCCCN)NC(=O)CN(Cc1cccc2ccccc12)C(=O)[C@H](CCCCN)NC(=O)[C@@H](N)CCCCN. The highest BCUT2D eigenvalue weighted by Crippen LogP contribution is 2.24. The summed E-state index contributed by atoms with van der Waals surface area (Å²) in [6.45, 7) is 3.53. The van der Waals surface area contributed by atoms with Crippen LogP contribution in [0.15, 0.2) is 109 Å². The van der Waals surface area contributed by atoms with Crippen LogP contribution in [-0.2, 0) is 62.8 Å². The Balaban J connectivity index is 1.51. The second-order valence-electron chi connectivity index (χ2n) is 24.9. The summed E-state index contributed by atoms with van der Waals surface area (Å²) >= 11 is 0. The summed E-state index contributed by atoms with van der Waals surface area (Å²) in [5, 5.41) is 15.1. The number of nitrogens with one attached hydrogen (secondary N) is 4. The van der Waals surface area contributed by atoms with Gasteiger partial charge in [-0.2, -0.15) is 0 Å². The number of aryl methyl sites for hydroxylation is 1. The Morgan fingerprint density at radius 3 is 1.14 bits per heavy atom. The lowest BCUT2D eigenvalue weighted by molar-refractivity contribution is -0.144. The van der Waals surface area contributed by atoms with Gasteiger partial charge in [-0.1, -0.05) is 135 Å². The van der Waals surface area contributed by atoms with Gasteiger partial charge >= 0.3 is 0 Å². The van der Waals surface area contributed by atoms with E-state index in [1.165, 1.54) is 19.6 Å². The standard InChI is InChI=1S/C72H107N15O9/c1-3-4-43-84(47-64(79)88)69(93)60(30-10-15-39-74)80-66(90)49-86(45-55-25-19-23-53-21-5-7-27-57(53)55)71(95)62(32-12-17-41-76)82-65(89)48-85(44-52-36-34-51(2)35-37-52)70(94)61(31-11-16-40-75)81-67(91)50-87(46-56-26-20-24-54-22-6-8-28-58(54)56)72(96)63(33-13-18-42-77)83-68(92)59(78)29-9-14-38-73/h5-8,19-28,34-37,59-63H,3-4,9-18,29-33,38-50,73-78H2,1-2H3,(H2,79,88)(H,80,90)(H,81,91)(H,82,89)(H,83,92)/t59-,60-,61-,62-,63-/m0/s1. The van der Waals surface area contributed by atoms with Gasteiger partial charge in [0.2, 0.25) is 53.2 Å². The Kier molecular flexibility index (Phi) is 35.0. The zero-order valence-corrected chi connectivity index (χ0v) is 56.5. The molecule has 0 aliphatic rings. The van der Waals surface area contributed by atoms with Crippen LogP contribution in [0.4, 0.5) is 0 Å². The van der Waals surface area contributed by atoms with Gasteiger partial charge in [0.1, 0.15) is 24.2 Å². The van der Waals surface area contributed by atoms with Crippen LogP contribution in [0, 0.1) is 6.92 Å². The van der Waals surface area contributed by atoms with Crippen molar-refractivity contribution in [2.45, 2.75) is 173 Å². The second kappa shape index (κ2) is 42.9. The molecule has 5 atom stereocenters. The first-order valence-electron chi connectivity index (χ1n) is 34.2. The minimum absolute atomic E-state index is 0.0498. The normalized spacial score (nSPS) is 12.8. The fraction of sp³-hybridized carbons (Fsp3) is 0.514. The van der Waals surface area contributed by atoms with E-state index in [1.807, 2.05) is 123 Å². The van der Waals surface area contributed by atoms with Crippen LogP contribution in [0.3, 0.4) is 0 Å². The van der Waals surface area contributed by atoms with E-state index in [0.717, 1.165) is 39.1 Å². The Morgan fingerprint density at radius 2 is 0.750 bits per heavy atom. The second-order valence-corrected chi connectivity index (χ2v) is 24.9. The van der Waals surface area contributed by atoms with Gasteiger partial charge in [-0.15, -0.1) is 0 Å².